The number of hydrogen-bond acceptors (Lipinski definition) is 1. The van der Waals surface area contributed by atoms with E-state index in [-0.39, 0.29) is 5.82 Å². The number of allylic oxidation sites excluding steroid dienone is 2. The fourth-order valence-corrected chi connectivity index (χ4v) is 1.59. The Kier molecular flexibility index (Phi) is 7.12. The van der Waals surface area contributed by atoms with Crippen LogP contribution in [0.4, 0.5) is 10.1 Å². The Hall–Kier alpha value is -1.31. The molecule has 0 radical (unpaired) electrons. The quantitative estimate of drug-likeness (QED) is 0.506. The monoisotopic (exact) mass is 235 g/mol. The van der Waals surface area contributed by atoms with E-state index in [0.29, 0.717) is 0 Å². The number of rotatable bonds is 8. The van der Waals surface area contributed by atoms with Gasteiger partial charge in [0.25, 0.3) is 0 Å². The van der Waals surface area contributed by atoms with Gasteiger partial charge in [0, 0.05) is 12.2 Å². The lowest BCUT2D eigenvalue weighted by Crippen LogP contribution is -2.00. The topological polar surface area (TPSA) is 12.0 Å². The Morgan fingerprint density at radius 3 is 2.47 bits per heavy atom. The van der Waals surface area contributed by atoms with Crippen LogP contribution < -0.4 is 5.32 Å². The molecule has 0 saturated carbocycles. The van der Waals surface area contributed by atoms with E-state index in [0.717, 1.165) is 25.1 Å². The predicted octanol–water partition coefficient (Wildman–Crippen LogP) is 4.76. The highest BCUT2D eigenvalue weighted by Crippen LogP contribution is 2.08. The van der Waals surface area contributed by atoms with Crippen molar-refractivity contribution in [1.82, 2.24) is 0 Å². The minimum Gasteiger partial charge on any atom is -0.385 e. The lowest BCUT2D eigenvalue weighted by atomic mass is 10.2. The summed E-state index contributed by atoms with van der Waals surface area (Å²) < 4.78 is 12.6. The van der Waals surface area contributed by atoms with Crippen molar-refractivity contribution in [3.8, 4) is 0 Å². The van der Waals surface area contributed by atoms with Gasteiger partial charge in [0.1, 0.15) is 5.82 Å². The van der Waals surface area contributed by atoms with Gasteiger partial charge in [0.15, 0.2) is 0 Å². The number of nitrogens with one attached hydrogen (secondary N) is 1. The van der Waals surface area contributed by atoms with E-state index in [1.54, 1.807) is 12.1 Å². The van der Waals surface area contributed by atoms with E-state index in [1.807, 2.05) is 0 Å². The zero-order valence-electron chi connectivity index (χ0n) is 10.6. The zero-order chi connectivity index (χ0) is 12.3. The van der Waals surface area contributed by atoms with E-state index >= 15 is 0 Å². The first-order valence-corrected chi connectivity index (χ1v) is 6.47. The number of halogens is 1. The second-order valence-electron chi connectivity index (χ2n) is 4.19. The van der Waals surface area contributed by atoms with Crippen molar-refractivity contribution in [2.45, 2.75) is 39.0 Å². The van der Waals surface area contributed by atoms with Crippen LogP contribution in [-0.2, 0) is 0 Å². The van der Waals surface area contributed by atoms with Crippen molar-refractivity contribution < 1.29 is 4.39 Å². The van der Waals surface area contributed by atoms with Crippen LogP contribution >= 0.6 is 0 Å². The maximum Gasteiger partial charge on any atom is 0.123 e. The Bertz CT molecular complexity index is 316. The summed E-state index contributed by atoms with van der Waals surface area (Å²) in [6, 6.07) is 6.51. The predicted molar refractivity (Wildman–Crippen MR) is 72.8 cm³/mol. The molecule has 94 valence electrons. The molecule has 17 heavy (non-hydrogen) atoms. The van der Waals surface area contributed by atoms with Crippen LogP contribution in [0.5, 0.6) is 0 Å². The molecule has 0 aromatic heterocycles. The molecule has 0 aliphatic heterocycles. The van der Waals surface area contributed by atoms with Crippen molar-refractivity contribution in [2.24, 2.45) is 0 Å². The molecule has 0 saturated heterocycles. The van der Waals surface area contributed by atoms with Gasteiger partial charge in [-0.15, -0.1) is 0 Å². The van der Waals surface area contributed by atoms with E-state index in [9.17, 15) is 4.39 Å². The van der Waals surface area contributed by atoms with Gasteiger partial charge in [-0.05, 0) is 49.9 Å². The van der Waals surface area contributed by atoms with E-state index in [1.165, 1.54) is 31.4 Å². The van der Waals surface area contributed by atoms with Gasteiger partial charge < -0.3 is 5.32 Å². The molecule has 0 fully saturated rings. The highest BCUT2D eigenvalue weighted by atomic mass is 19.1. The van der Waals surface area contributed by atoms with Crippen molar-refractivity contribution in [2.75, 3.05) is 11.9 Å². The van der Waals surface area contributed by atoms with Crippen LogP contribution in [0.1, 0.15) is 39.0 Å². The molecule has 0 amide bonds. The Balaban J connectivity index is 2.02. The standard InChI is InChI=1S/C15H22FN/c1-2-3-4-5-6-7-8-13-17-15-11-9-14(16)10-12-15/h4-5,9-12,17H,2-3,6-8,13H2,1H3. The summed E-state index contributed by atoms with van der Waals surface area (Å²) in [4.78, 5) is 0. The van der Waals surface area contributed by atoms with Crippen LogP contribution in [-0.4, -0.2) is 6.54 Å². The van der Waals surface area contributed by atoms with Gasteiger partial charge in [-0.25, -0.2) is 4.39 Å². The van der Waals surface area contributed by atoms with Gasteiger partial charge in [0.2, 0.25) is 0 Å². The first-order chi connectivity index (χ1) is 8.33. The second-order valence-corrected chi connectivity index (χ2v) is 4.19. The third-order valence-corrected chi connectivity index (χ3v) is 2.59. The number of benzene rings is 1. The minimum atomic E-state index is -0.184. The molecule has 1 N–H and O–H groups in total. The SMILES string of the molecule is CCCC=CCCCCNc1ccc(F)cc1. The van der Waals surface area contributed by atoms with Crippen molar-refractivity contribution >= 4 is 5.69 Å². The summed E-state index contributed by atoms with van der Waals surface area (Å²) in [5.74, 6) is -0.184. The maximum absolute atomic E-state index is 12.6. The van der Waals surface area contributed by atoms with Gasteiger partial charge in [-0.1, -0.05) is 25.5 Å². The number of hydrogen-bond donors (Lipinski definition) is 1. The summed E-state index contributed by atoms with van der Waals surface area (Å²) in [6.45, 7) is 3.14. The van der Waals surface area contributed by atoms with Crippen LogP contribution in [0.2, 0.25) is 0 Å². The smallest absolute Gasteiger partial charge is 0.123 e. The molecule has 0 aliphatic carbocycles. The molecule has 0 heterocycles. The fraction of sp³-hybridized carbons (Fsp3) is 0.467. The Labute approximate surface area is 104 Å². The molecule has 2 heteroatoms. The van der Waals surface area contributed by atoms with Gasteiger partial charge in [0.05, 0.1) is 0 Å². The lowest BCUT2D eigenvalue weighted by molar-refractivity contribution is 0.628. The van der Waals surface area contributed by atoms with Crippen LogP contribution in [0, 0.1) is 5.82 Å². The molecule has 0 aliphatic rings. The first kappa shape index (κ1) is 13.8. The largest absolute Gasteiger partial charge is 0.385 e. The van der Waals surface area contributed by atoms with Crippen molar-refractivity contribution in [3.63, 3.8) is 0 Å². The lowest BCUT2D eigenvalue weighted by Gasteiger charge is -2.05. The van der Waals surface area contributed by atoms with Crippen LogP contribution in [0.3, 0.4) is 0 Å². The summed E-state index contributed by atoms with van der Waals surface area (Å²) >= 11 is 0. The molecule has 0 atom stereocenters. The molecule has 1 aromatic carbocycles. The molecule has 1 aromatic rings. The average molecular weight is 235 g/mol. The minimum absolute atomic E-state index is 0.184. The summed E-state index contributed by atoms with van der Waals surface area (Å²) in [7, 11) is 0. The Morgan fingerprint density at radius 1 is 1.06 bits per heavy atom. The van der Waals surface area contributed by atoms with Crippen molar-refractivity contribution in [1.29, 1.82) is 0 Å². The average Bonchev–Trinajstić information content (AvgIpc) is 2.35. The molecular weight excluding hydrogens is 213 g/mol. The molecule has 1 rings (SSSR count). The number of anilines is 1. The maximum atomic E-state index is 12.6. The highest BCUT2D eigenvalue weighted by molar-refractivity contribution is 5.42. The fourth-order valence-electron chi connectivity index (χ4n) is 1.59. The van der Waals surface area contributed by atoms with E-state index < -0.39 is 0 Å². The van der Waals surface area contributed by atoms with Gasteiger partial charge in [-0.3, -0.25) is 0 Å². The third kappa shape index (κ3) is 6.77. The normalized spacial score (nSPS) is 10.9. The zero-order valence-corrected chi connectivity index (χ0v) is 10.6. The molecular formula is C15H22FN. The molecule has 0 bridgehead atoms. The van der Waals surface area contributed by atoms with Gasteiger partial charge in [-0.2, -0.15) is 0 Å². The number of unbranched alkanes of at least 4 members (excludes halogenated alkanes) is 3. The highest BCUT2D eigenvalue weighted by Gasteiger charge is 1.92. The second kappa shape index (κ2) is 8.80. The Morgan fingerprint density at radius 2 is 1.76 bits per heavy atom. The van der Waals surface area contributed by atoms with Crippen LogP contribution in [0.15, 0.2) is 36.4 Å². The third-order valence-electron chi connectivity index (χ3n) is 2.59. The molecule has 1 nitrogen and oxygen atoms in total. The van der Waals surface area contributed by atoms with Crippen LogP contribution in [0.25, 0.3) is 0 Å². The first-order valence-electron chi connectivity index (χ1n) is 6.47. The molecule has 0 spiro atoms. The van der Waals surface area contributed by atoms with Crippen molar-refractivity contribution in [3.05, 3.63) is 42.2 Å². The van der Waals surface area contributed by atoms with E-state index in [2.05, 4.69) is 24.4 Å². The van der Waals surface area contributed by atoms with Gasteiger partial charge >= 0.3 is 0 Å². The molecule has 0 unspecified atom stereocenters. The summed E-state index contributed by atoms with van der Waals surface area (Å²) in [5, 5.41) is 3.28. The van der Waals surface area contributed by atoms with E-state index in [4.69, 9.17) is 0 Å². The summed E-state index contributed by atoms with van der Waals surface area (Å²) in [5.41, 5.74) is 0.993. The summed E-state index contributed by atoms with van der Waals surface area (Å²) in [6.07, 6.45) is 10.4.